The fraction of sp³-hybridized carbons (Fsp3) is 0.188. The Kier molecular flexibility index (Phi) is 2.74. The second-order valence-electron chi connectivity index (χ2n) is 4.48. The number of nitrogens with one attached hydrogen (secondary N) is 1. The zero-order valence-corrected chi connectivity index (χ0v) is 10.3. The van der Waals surface area contributed by atoms with Crippen molar-refractivity contribution in [3.8, 4) is 11.8 Å². The first-order chi connectivity index (χ1) is 8.81. The quantitative estimate of drug-likeness (QED) is 0.670. The van der Waals surface area contributed by atoms with Crippen LogP contribution >= 0.6 is 0 Å². The summed E-state index contributed by atoms with van der Waals surface area (Å²) in [7, 11) is 0. The van der Waals surface area contributed by atoms with Crippen LogP contribution in [0.4, 0.5) is 0 Å². The van der Waals surface area contributed by atoms with E-state index in [1.54, 1.807) is 0 Å². The number of nitrogens with zero attached hydrogens (tertiary/aromatic N) is 1. The lowest BCUT2D eigenvalue weighted by atomic mass is 10.1. The maximum atomic E-state index is 4.43. The van der Waals surface area contributed by atoms with Gasteiger partial charge in [-0.25, -0.2) is 0 Å². The average Bonchev–Trinajstić information content (AvgIpc) is 2.79. The van der Waals surface area contributed by atoms with Crippen molar-refractivity contribution in [2.24, 2.45) is 4.99 Å². The minimum Gasteiger partial charge on any atom is -0.333 e. The van der Waals surface area contributed by atoms with E-state index < -0.39 is 0 Å². The van der Waals surface area contributed by atoms with E-state index >= 15 is 0 Å². The van der Waals surface area contributed by atoms with Crippen LogP contribution in [-0.4, -0.2) is 11.5 Å². The summed E-state index contributed by atoms with van der Waals surface area (Å²) in [6.45, 7) is 2.95. The van der Waals surface area contributed by atoms with Gasteiger partial charge >= 0.3 is 0 Å². The Balaban J connectivity index is 1.97. The third-order valence-corrected chi connectivity index (χ3v) is 2.95. The van der Waals surface area contributed by atoms with Crippen molar-refractivity contribution in [1.82, 2.24) is 4.98 Å². The maximum absolute atomic E-state index is 4.43. The molecule has 0 saturated heterocycles. The molecule has 2 heteroatoms. The smallest absolute Gasteiger partial charge is 0.132 e. The Hall–Kier alpha value is -2.27. The van der Waals surface area contributed by atoms with Crippen molar-refractivity contribution < 1.29 is 0 Å². The molecule has 0 bridgehead atoms. The van der Waals surface area contributed by atoms with Gasteiger partial charge < -0.3 is 4.98 Å². The van der Waals surface area contributed by atoms with Crippen LogP contribution in [-0.2, 0) is 0 Å². The van der Waals surface area contributed by atoms with E-state index in [2.05, 4.69) is 53.0 Å². The second kappa shape index (κ2) is 4.54. The first-order valence-electron chi connectivity index (χ1n) is 6.14. The Bertz CT molecular complexity index is 721. The Morgan fingerprint density at radius 1 is 1.22 bits per heavy atom. The molecule has 0 fully saturated rings. The summed E-state index contributed by atoms with van der Waals surface area (Å²) in [4.78, 5) is 7.68. The van der Waals surface area contributed by atoms with E-state index in [-0.39, 0.29) is 0 Å². The molecule has 2 nitrogen and oxygen atoms in total. The van der Waals surface area contributed by atoms with Crippen LogP contribution in [0.25, 0.3) is 6.08 Å². The van der Waals surface area contributed by atoms with Gasteiger partial charge in [-0.2, -0.15) is 0 Å². The van der Waals surface area contributed by atoms with E-state index in [9.17, 15) is 0 Å². The first-order valence-corrected chi connectivity index (χ1v) is 6.14. The number of H-pyrrole nitrogens is 1. The van der Waals surface area contributed by atoms with Gasteiger partial charge in [-0.1, -0.05) is 24.1 Å². The lowest BCUT2D eigenvalue weighted by Gasteiger charge is -1.91. The van der Waals surface area contributed by atoms with Gasteiger partial charge in [0.25, 0.3) is 0 Å². The molecule has 0 radical (unpaired) electrons. The number of fused-ring (bicyclic) bond motifs is 1. The third kappa shape index (κ3) is 2.21. The number of aromatic amines is 1. The first kappa shape index (κ1) is 10.9. The maximum Gasteiger partial charge on any atom is 0.132 e. The lowest BCUT2D eigenvalue weighted by Crippen LogP contribution is -2.25. The zero-order chi connectivity index (χ0) is 12.4. The highest BCUT2D eigenvalue weighted by Gasteiger charge is 1.98. The van der Waals surface area contributed by atoms with Gasteiger partial charge in [0.15, 0.2) is 0 Å². The normalized spacial score (nSPS) is 12.7. The molecule has 1 aromatic carbocycles. The molecule has 1 N–H and O–H groups in total. The molecular weight excluding hydrogens is 220 g/mol. The zero-order valence-electron chi connectivity index (χ0n) is 10.3. The molecule has 1 aliphatic heterocycles. The molecule has 2 aromatic rings. The van der Waals surface area contributed by atoms with Gasteiger partial charge in [-0.05, 0) is 43.0 Å². The Morgan fingerprint density at radius 3 is 3.00 bits per heavy atom. The molecule has 2 heterocycles. The number of aromatic nitrogens is 1. The van der Waals surface area contributed by atoms with Crippen molar-refractivity contribution in [1.29, 1.82) is 0 Å². The van der Waals surface area contributed by atoms with E-state index in [1.165, 1.54) is 10.8 Å². The molecule has 0 saturated carbocycles. The SMILES string of the molecule is Cc1cccc(C#Cc2cc3c([nH]2)=NCCC=3)c1. The minimum atomic E-state index is 0.873. The fourth-order valence-corrected chi connectivity index (χ4v) is 2.07. The molecule has 18 heavy (non-hydrogen) atoms. The van der Waals surface area contributed by atoms with E-state index in [1.807, 2.05) is 12.1 Å². The number of rotatable bonds is 0. The summed E-state index contributed by atoms with van der Waals surface area (Å²) >= 11 is 0. The predicted molar refractivity (Wildman–Crippen MR) is 72.7 cm³/mol. The van der Waals surface area contributed by atoms with Gasteiger partial charge in [-0.3, -0.25) is 4.99 Å². The topological polar surface area (TPSA) is 28.1 Å². The van der Waals surface area contributed by atoms with Crippen LogP contribution in [0.5, 0.6) is 0 Å². The standard InChI is InChI=1S/C16H14N2/c1-12-4-2-5-13(10-12)7-8-15-11-14-6-3-9-17-16(14)18-15/h2,4-6,10-11H,3,9H2,1H3,(H,17,18). The molecule has 0 aliphatic carbocycles. The van der Waals surface area contributed by atoms with Crippen molar-refractivity contribution >= 4 is 6.08 Å². The van der Waals surface area contributed by atoms with Crippen molar-refractivity contribution in [2.75, 3.05) is 6.54 Å². The predicted octanol–water partition coefficient (Wildman–Crippen LogP) is 1.53. The summed E-state index contributed by atoms with van der Waals surface area (Å²) < 4.78 is 0. The van der Waals surface area contributed by atoms with Gasteiger partial charge in [0, 0.05) is 17.3 Å². The molecule has 88 valence electrons. The largest absolute Gasteiger partial charge is 0.333 e. The second-order valence-corrected chi connectivity index (χ2v) is 4.48. The van der Waals surface area contributed by atoms with Crippen molar-refractivity contribution in [3.05, 3.63) is 57.9 Å². The van der Waals surface area contributed by atoms with Crippen LogP contribution in [0.2, 0.25) is 0 Å². The third-order valence-electron chi connectivity index (χ3n) is 2.95. The number of hydrogen-bond acceptors (Lipinski definition) is 1. The van der Waals surface area contributed by atoms with Crippen LogP contribution in [0.3, 0.4) is 0 Å². The Labute approximate surface area is 106 Å². The highest BCUT2D eigenvalue weighted by molar-refractivity contribution is 5.42. The summed E-state index contributed by atoms with van der Waals surface area (Å²) in [6.07, 6.45) is 3.23. The number of benzene rings is 1. The summed E-state index contributed by atoms with van der Waals surface area (Å²) in [5.74, 6) is 6.33. The highest BCUT2D eigenvalue weighted by atomic mass is 14.9. The number of aryl methyl sites for hydroxylation is 1. The molecule has 0 atom stereocenters. The van der Waals surface area contributed by atoms with E-state index in [0.717, 1.165) is 29.7 Å². The highest BCUT2D eigenvalue weighted by Crippen LogP contribution is 2.02. The van der Waals surface area contributed by atoms with E-state index in [4.69, 9.17) is 0 Å². The fourth-order valence-electron chi connectivity index (χ4n) is 2.07. The van der Waals surface area contributed by atoms with E-state index in [0.29, 0.717) is 0 Å². The summed E-state index contributed by atoms with van der Waals surface area (Å²) in [5.41, 5.74) is 4.18. The minimum absolute atomic E-state index is 0.873. The molecule has 1 aromatic heterocycles. The lowest BCUT2D eigenvalue weighted by molar-refractivity contribution is 0.934. The Morgan fingerprint density at radius 2 is 2.17 bits per heavy atom. The van der Waals surface area contributed by atoms with Crippen LogP contribution in [0.15, 0.2) is 35.3 Å². The van der Waals surface area contributed by atoms with Crippen LogP contribution in [0, 0.1) is 18.8 Å². The molecule has 0 amide bonds. The molecule has 1 aliphatic rings. The number of hydrogen-bond donors (Lipinski definition) is 1. The molecular formula is C16H14N2. The summed E-state index contributed by atoms with van der Waals surface area (Å²) in [6, 6.07) is 10.3. The summed E-state index contributed by atoms with van der Waals surface area (Å²) in [5, 5.41) is 1.18. The van der Waals surface area contributed by atoms with Gasteiger partial charge in [0.2, 0.25) is 0 Å². The van der Waals surface area contributed by atoms with Gasteiger partial charge in [-0.15, -0.1) is 0 Å². The van der Waals surface area contributed by atoms with Crippen LogP contribution < -0.4 is 10.7 Å². The van der Waals surface area contributed by atoms with Gasteiger partial charge in [0.05, 0.1) is 5.69 Å². The van der Waals surface area contributed by atoms with Crippen molar-refractivity contribution in [2.45, 2.75) is 13.3 Å². The monoisotopic (exact) mass is 234 g/mol. The van der Waals surface area contributed by atoms with Gasteiger partial charge in [0.1, 0.15) is 5.49 Å². The molecule has 0 spiro atoms. The molecule has 3 rings (SSSR count). The molecule has 0 unspecified atom stereocenters. The van der Waals surface area contributed by atoms with Crippen molar-refractivity contribution in [3.63, 3.8) is 0 Å². The average molecular weight is 234 g/mol. The van der Waals surface area contributed by atoms with Crippen LogP contribution in [0.1, 0.15) is 23.2 Å².